The molecule has 2 amide bonds. The van der Waals surface area contributed by atoms with Gasteiger partial charge in [-0.1, -0.05) is 19.6 Å². The fourth-order valence-corrected chi connectivity index (χ4v) is 6.34. The largest absolute Gasteiger partial charge is 0.444 e. The first-order valence-electron chi connectivity index (χ1n) is 14.7. The summed E-state index contributed by atoms with van der Waals surface area (Å²) >= 11 is 0. The molecule has 0 saturated heterocycles. The normalized spacial score (nSPS) is 19.9. The predicted molar refractivity (Wildman–Crippen MR) is 158 cm³/mol. The minimum atomic E-state index is -4.51. The number of anilines is 1. The number of carbonyl (C=O) groups excluding carboxylic acids is 2. The number of ether oxygens (including phenoxy) is 2. The monoisotopic (exact) mass is 611 g/mol. The smallest absolute Gasteiger partial charge is 0.410 e. The maximum atomic E-state index is 13.3. The first-order chi connectivity index (χ1) is 19.5. The SMILES string of the molecule is CC(C)(C)OC(=O)N(CC(F)(F)F)C[C@H]1CC[C@H](N2CNC(=O)c3cnc4c(ccn4COCC[Si](C)(C)C)c32)CC1. The molecule has 0 aromatic carbocycles. The second-order valence-corrected chi connectivity index (χ2v) is 19.3. The van der Waals surface area contributed by atoms with E-state index in [-0.39, 0.29) is 24.4 Å². The van der Waals surface area contributed by atoms with Crippen molar-refractivity contribution in [1.29, 1.82) is 0 Å². The summed E-state index contributed by atoms with van der Waals surface area (Å²) in [5, 5.41) is 3.82. The summed E-state index contributed by atoms with van der Waals surface area (Å²) in [4.78, 5) is 32.9. The molecule has 1 aliphatic heterocycles. The second-order valence-electron chi connectivity index (χ2n) is 13.7. The van der Waals surface area contributed by atoms with Gasteiger partial charge in [-0.05, 0) is 64.5 Å². The van der Waals surface area contributed by atoms with Crippen LogP contribution in [0.25, 0.3) is 11.0 Å². The Hall–Kier alpha value is -2.80. The zero-order valence-electron chi connectivity index (χ0n) is 25.5. The summed E-state index contributed by atoms with van der Waals surface area (Å²) in [5.74, 6) is -0.259. The molecule has 0 bridgehead atoms. The highest BCUT2D eigenvalue weighted by atomic mass is 28.3. The van der Waals surface area contributed by atoms with Crippen molar-refractivity contribution < 1.29 is 32.2 Å². The number of hydrogen-bond acceptors (Lipinski definition) is 6. The zero-order valence-corrected chi connectivity index (χ0v) is 26.5. The highest BCUT2D eigenvalue weighted by molar-refractivity contribution is 6.76. The molecule has 4 rings (SSSR count). The number of carbonyl (C=O) groups is 2. The third-order valence-electron chi connectivity index (χ3n) is 7.69. The van der Waals surface area contributed by atoms with Gasteiger partial charge < -0.3 is 24.3 Å². The number of nitrogens with zero attached hydrogens (tertiary/aromatic N) is 4. The van der Waals surface area contributed by atoms with Crippen LogP contribution in [0.5, 0.6) is 0 Å². The Balaban J connectivity index is 1.46. The topological polar surface area (TPSA) is 88.9 Å². The van der Waals surface area contributed by atoms with Crippen LogP contribution in [0.1, 0.15) is 56.8 Å². The van der Waals surface area contributed by atoms with Crippen molar-refractivity contribution in [2.24, 2.45) is 5.92 Å². The highest BCUT2D eigenvalue weighted by Crippen LogP contribution is 2.38. The average Bonchev–Trinajstić information content (AvgIpc) is 3.28. The van der Waals surface area contributed by atoms with Crippen LogP contribution < -0.4 is 10.2 Å². The van der Waals surface area contributed by atoms with Crippen LogP contribution in [0.2, 0.25) is 25.7 Å². The summed E-state index contributed by atoms with van der Waals surface area (Å²) in [6.45, 7) is 11.9. The Morgan fingerprint density at radius 1 is 1.17 bits per heavy atom. The van der Waals surface area contributed by atoms with E-state index in [2.05, 4.69) is 34.8 Å². The van der Waals surface area contributed by atoms with Gasteiger partial charge in [0.25, 0.3) is 5.91 Å². The average molecular weight is 612 g/mol. The molecule has 0 radical (unpaired) electrons. The standard InChI is InChI=1S/C29H44F3N5O4Si/c1-28(2,3)41-27(39)36(17-29(30,31)32)16-20-7-9-21(10-8-20)37-18-34-26(38)23-15-33-25-22(24(23)37)11-12-35(25)19-40-13-14-42(4,5)6/h11-12,15,20-21H,7-10,13-14,16-19H2,1-6H3,(H,34,38)/t20-,21-. The number of amides is 2. The Labute approximate surface area is 246 Å². The Morgan fingerprint density at radius 3 is 2.48 bits per heavy atom. The van der Waals surface area contributed by atoms with E-state index in [1.165, 1.54) is 0 Å². The molecule has 2 aliphatic rings. The van der Waals surface area contributed by atoms with Crippen LogP contribution >= 0.6 is 0 Å². The lowest BCUT2D eigenvalue weighted by Gasteiger charge is -2.42. The van der Waals surface area contributed by atoms with Crippen LogP contribution in [-0.2, 0) is 16.2 Å². The molecule has 42 heavy (non-hydrogen) atoms. The summed E-state index contributed by atoms with van der Waals surface area (Å²) in [7, 11) is -1.21. The first-order valence-corrected chi connectivity index (χ1v) is 18.4. The fourth-order valence-electron chi connectivity index (χ4n) is 5.59. The van der Waals surface area contributed by atoms with Gasteiger partial charge in [-0.3, -0.25) is 9.69 Å². The summed E-state index contributed by atoms with van der Waals surface area (Å²) in [6, 6.07) is 3.12. The van der Waals surface area contributed by atoms with Crippen molar-refractivity contribution in [3.05, 3.63) is 24.0 Å². The van der Waals surface area contributed by atoms with E-state index in [0.29, 0.717) is 38.4 Å². The van der Waals surface area contributed by atoms with Crippen molar-refractivity contribution in [3.8, 4) is 0 Å². The molecule has 13 heteroatoms. The number of pyridine rings is 1. The number of hydrogen-bond donors (Lipinski definition) is 1. The lowest BCUT2D eigenvalue weighted by Crippen LogP contribution is -2.50. The highest BCUT2D eigenvalue weighted by Gasteiger charge is 2.38. The summed E-state index contributed by atoms with van der Waals surface area (Å²) in [6.07, 6.45) is 0.831. The van der Waals surface area contributed by atoms with E-state index in [1.807, 2.05) is 16.8 Å². The molecule has 1 aliphatic carbocycles. The Kier molecular flexibility index (Phi) is 9.51. The summed E-state index contributed by atoms with van der Waals surface area (Å²) in [5.41, 5.74) is 1.20. The molecular formula is C29H44F3N5O4Si. The lowest BCUT2D eigenvalue weighted by atomic mass is 9.84. The van der Waals surface area contributed by atoms with Gasteiger partial charge in [0.2, 0.25) is 0 Å². The number of nitrogens with one attached hydrogen (secondary N) is 1. The van der Waals surface area contributed by atoms with Crippen LogP contribution in [0, 0.1) is 5.92 Å². The number of rotatable bonds is 9. The van der Waals surface area contributed by atoms with Crippen LogP contribution in [0.3, 0.4) is 0 Å². The number of fused-ring (bicyclic) bond motifs is 3. The van der Waals surface area contributed by atoms with E-state index in [4.69, 9.17) is 9.47 Å². The third kappa shape index (κ3) is 8.39. The van der Waals surface area contributed by atoms with Gasteiger partial charge in [0, 0.05) is 45.0 Å². The third-order valence-corrected chi connectivity index (χ3v) is 9.39. The predicted octanol–water partition coefficient (Wildman–Crippen LogP) is 6.21. The first kappa shape index (κ1) is 32.1. The van der Waals surface area contributed by atoms with Gasteiger partial charge in [-0.15, -0.1) is 0 Å². The molecule has 1 fully saturated rings. The Bertz CT molecular complexity index is 1260. The molecule has 1 saturated carbocycles. The maximum absolute atomic E-state index is 13.3. The molecule has 0 spiro atoms. The molecule has 2 aromatic heterocycles. The van der Waals surface area contributed by atoms with E-state index in [1.54, 1.807) is 27.0 Å². The number of alkyl halides is 3. The molecule has 234 valence electrons. The van der Waals surface area contributed by atoms with E-state index < -0.39 is 32.5 Å². The Morgan fingerprint density at radius 2 is 1.86 bits per heavy atom. The van der Waals surface area contributed by atoms with Crippen LogP contribution in [0.15, 0.2) is 18.5 Å². The molecule has 2 aromatic rings. The fraction of sp³-hybridized carbons (Fsp3) is 0.690. The van der Waals surface area contributed by atoms with Crippen LogP contribution in [-0.4, -0.2) is 78.7 Å². The van der Waals surface area contributed by atoms with E-state index in [0.717, 1.165) is 40.5 Å². The second kappa shape index (κ2) is 12.4. The van der Waals surface area contributed by atoms with Crippen molar-refractivity contribution in [2.75, 3.05) is 31.3 Å². The van der Waals surface area contributed by atoms with Crippen molar-refractivity contribution >= 4 is 36.8 Å². The lowest BCUT2D eigenvalue weighted by molar-refractivity contribution is -0.146. The van der Waals surface area contributed by atoms with E-state index >= 15 is 0 Å². The molecule has 0 unspecified atom stereocenters. The van der Waals surface area contributed by atoms with Gasteiger partial charge in [0.1, 0.15) is 24.5 Å². The van der Waals surface area contributed by atoms with Crippen molar-refractivity contribution in [3.63, 3.8) is 0 Å². The number of halogens is 3. The van der Waals surface area contributed by atoms with E-state index in [9.17, 15) is 22.8 Å². The van der Waals surface area contributed by atoms with Crippen molar-refractivity contribution in [2.45, 2.75) is 96.7 Å². The quantitative estimate of drug-likeness (QED) is 0.268. The van der Waals surface area contributed by atoms with Gasteiger partial charge in [0.05, 0.1) is 17.9 Å². The van der Waals surface area contributed by atoms with Gasteiger partial charge in [-0.2, -0.15) is 13.2 Å². The van der Waals surface area contributed by atoms with Crippen molar-refractivity contribution in [1.82, 2.24) is 19.8 Å². The molecule has 9 nitrogen and oxygen atoms in total. The minimum Gasteiger partial charge on any atom is -0.444 e. The maximum Gasteiger partial charge on any atom is 0.410 e. The van der Waals surface area contributed by atoms with Gasteiger partial charge in [0.15, 0.2) is 0 Å². The zero-order chi connectivity index (χ0) is 30.9. The number of aromatic nitrogens is 2. The molecule has 3 heterocycles. The minimum absolute atomic E-state index is 0.0107. The molecular weight excluding hydrogens is 567 g/mol. The molecule has 0 atom stereocenters. The summed E-state index contributed by atoms with van der Waals surface area (Å²) < 4.78 is 53.0. The molecule has 1 N–H and O–H groups in total. The van der Waals surface area contributed by atoms with Crippen LogP contribution in [0.4, 0.5) is 23.7 Å². The van der Waals surface area contributed by atoms with Gasteiger partial charge >= 0.3 is 12.3 Å². The van der Waals surface area contributed by atoms with Gasteiger partial charge in [-0.25, -0.2) is 9.78 Å².